The number of aromatic nitrogens is 2. The summed E-state index contributed by atoms with van der Waals surface area (Å²) in [7, 11) is 1.61. The number of carbonyl (C=O) groups excluding carboxylic acids is 1. The molecule has 6 heteroatoms. The zero-order valence-corrected chi connectivity index (χ0v) is 18.3. The second-order valence-corrected chi connectivity index (χ2v) is 8.06. The van der Waals surface area contributed by atoms with Crippen LogP contribution in [0.5, 0.6) is 5.75 Å². The van der Waals surface area contributed by atoms with Gasteiger partial charge in [0.25, 0.3) is 5.91 Å². The SMILES string of the molecule is COc1ccc(NC(=O)c2cnc([C@@H]3CCN(Cc4ccccc4C)C3)nc2C)cc1. The molecule has 0 spiro atoms. The molecule has 6 nitrogen and oxygen atoms in total. The average molecular weight is 417 g/mol. The van der Waals surface area contributed by atoms with Crippen molar-refractivity contribution in [2.75, 3.05) is 25.5 Å². The van der Waals surface area contributed by atoms with Gasteiger partial charge in [-0.25, -0.2) is 9.97 Å². The lowest BCUT2D eigenvalue weighted by Gasteiger charge is -2.17. The van der Waals surface area contributed by atoms with Crippen molar-refractivity contribution in [1.82, 2.24) is 14.9 Å². The maximum absolute atomic E-state index is 12.7. The highest BCUT2D eigenvalue weighted by molar-refractivity contribution is 6.04. The number of likely N-dealkylation sites (tertiary alicyclic amines) is 1. The Morgan fingerprint density at radius 1 is 1.16 bits per heavy atom. The van der Waals surface area contributed by atoms with Crippen LogP contribution in [-0.2, 0) is 6.54 Å². The number of nitrogens with zero attached hydrogens (tertiary/aromatic N) is 3. The molecule has 1 amide bonds. The van der Waals surface area contributed by atoms with Gasteiger partial charge < -0.3 is 10.1 Å². The Balaban J connectivity index is 1.40. The zero-order valence-electron chi connectivity index (χ0n) is 18.3. The molecule has 0 unspecified atom stereocenters. The highest BCUT2D eigenvalue weighted by Gasteiger charge is 2.27. The van der Waals surface area contributed by atoms with Gasteiger partial charge in [-0.05, 0) is 62.2 Å². The van der Waals surface area contributed by atoms with Crippen LogP contribution in [0.15, 0.2) is 54.7 Å². The first kappa shape index (κ1) is 21.0. The molecule has 4 rings (SSSR count). The number of carbonyl (C=O) groups is 1. The molecule has 1 saturated heterocycles. The number of hydrogen-bond acceptors (Lipinski definition) is 5. The highest BCUT2D eigenvalue weighted by Crippen LogP contribution is 2.27. The van der Waals surface area contributed by atoms with Gasteiger partial charge in [-0.1, -0.05) is 24.3 Å². The van der Waals surface area contributed by atoms with Gasteiger partial charge in [-0.15, -0.1) is 0 Å². The fourth-order valence-corrected chi connectivity index (χ4v) is 3.99. The molecule has 3 aromatic rings. The molecule has 1 N–H and O–H groups in total. The summed E-state index contributed by atoms with van der Waals surface area (Å²) in [6, 6.07) is 15.8. The Hall–Kier alpha value is -3.25. The number of hydrogen-bond donors (Lipinski definition) is 1. The predicted octanol–water partition coefficient (Wildman–Crippen LogP) is 4.34. The molecule has 160 valence electrons. The molecule has 0 radical (unpaired) electrons. The van der Waals surface area contributed by atoms with Crippen molar-refractivity contribution in [3.63, 3.8) is 0 Å². The Bertz CT molecular complexity index is 1070. The first-order valence-electron chi connectivity index (χ1n) is 10.6. The van der Waals surface area contributed by atoms with Crippen LogP contribution < -0.4 is 10.1 Å². The molecule has 2 heterocycles. The van der Waals surface area contributed by atoms with Crippen molar-refractivity contribution in [2.45, 2.75) is 32.7 Å². The summed E-state index contributed by atoms with van der Waals surface area (Å²) in [5, 5.41) is 2.90. The summed E-state index contributed by atoms with van der Waals surface area (Å²) in [6.45, 7) is 6.94. The molecule has 0 saturated carbocycles. The molecule has 1 aliphatic heterocycles. The lowest BCUT2D eigenvalue weighted by Crippen LogP contribution is -2.21. The van der Waals surface area contributed by atoms with E-state index in [1.54, 1.807) is 13.3 Å². The number of anilines is 1. The molecule has 1 atom stereocenters. The van der Waals surface area contributed by atoms with Crippen molar-refractivity contribution in [3.8, 4) is 5.75 Å². The lowest BCUT2D eigenvalue weighted by molar-refractivity contribution is 0.102. The van der Waals surface area contributed by atoms with Gasteiger partial charge in [-0.2, -0.15) is 0 Å². The van der Waals surface area contributed by atoms with Crippen LogP contribution in [0.3, 0.4) is 0 Å². The van der Waals surface area contributed by atoms with Gasteiger partial charge in [0.1, 0.15) is 11.6 Å². The number of aryl methyl sites for hydroxylation is 2. The molecule has 1 aromatic heterocycles. The maximum Gasteiger partial charge on any atom is 0.259 e. The van der Waals surface area contributed by atoms with Gasteiger partial charge >= 0.3 is 0 Å². The summed E-state index contributed by atoms with van der Waals surface area (Å²) in [6.07, 6.45) is 2.68. The van der Waals surface area contributed by atoms with Crippen LogP contribution in [-0.4, -0.2) is 41.0 Å². The van der Waals surface area contributed by atoms with E-state index in [1.807, 2.05) is 31.2 Å². The van der Waals surface area contributed by atoms with Crippen molar-refractivity contribution in [3.05, 3.63) is 82.9 Å². The Labute approximate surface area is 183 Å². The van der Waals surface area contributed by atoms with E-state index in [-0.39, 0.29) is 5.91 Å². The minimum atomic E-state index is -0.207. The van der Waals surface area contributed by atoms with Crippen molar-refractivity contribution in [2.24, 2.45) is 0 Å². The summed E-state index contributed by atoms with van der Waals surface area (Å²) in [4.78, 5) is 24.4. The van der Waals surface area contributed by atoms with Crippen LogP contribution in [0.2, 0.25) is 0 Å². The van der Waals surface area contributed by atoms with Crippen molar-refractivity contribution >= 4 is 11.6 Å². The highest BCUT2D eigenvalue weighted by atomic mass is 16.5. The van der Waals surface area contributed by atoms with Gasteiger partial charge in [0.05, 0.1) is 18.4 Å². The smallest absolute Gasteiger partial charge is 0.259 e. The van der Waals surface area contributed by atoms with E-state index in [4.69, 9.17) is 4.74 Å². The Morgan fingerprint density at radius 2 is 1.94 bits per heavy atom. The third-order valence-corrected chi connectivity index (χ3v) is 5.88. The van der Waals surface area contributed by atoms with E-state index in [0.717, 1.165) is 37.6 Å². The minimum Gasteiger partial charge on any atom is -0.497 e. The van der Waals surface area contributed by atoms with E-state index in [1.165, 1.54) is 11.1 Å². The molecule has 2 aromatic carbocycles. The summed E-state index contributed by atoms with van der Waals surface area (Å²) in [5.41, 5.74) is 4.59. The van der Waals surface area contributed by atoms with E-state index < -0.39 is 0 Å². The van der Waals surface area contributed by atoms with Crippen molar-refractivity contribution in [1.29, 1.82) is 0 Å². The number of benzene rings is 2. The molecular weight excluding hydrogens is 388 g/mol. The largest absolute Gasteiger partial charge is 0.497 e. The summed E-state index contributed by atoms with van der Waals surface area (Å²) in [5.74, 6) is 1.66. The Kier molecular flexibility index (Phi) is 6.28. The second kappa shape index (κ2) is 9.27. The van der Waals surface area contributed by atoms with Gasteiger partial charge in [0.15, 0.2) is 0 Å². The predicted molar refractivity (Wildman–Crippen MR) is 122 cm³/mol. The molecule has 31 heavy (non-hydrogen) atoms. The van der Waals surface area contributed by atoms with E-state index in [9.17, 15) is 4.79 Å². The van der Waals surface area contributed by atoms with E-state index in [2.05, 4.69) is 51.4 Å². The van der Waals surface area contributed by atoms with Gasteiger partial charge in [-0.3, -0.25) is 9.69 Å². The third-order valence-electron chi connectivity index (χ3n) is 5.88. The molecule has 1 fully saturated rings. The zero-order chi connectivity index (χ0) is 21.8. The summed E-state index contributed by atoms with van der Waals surface area (Å²) >= 11 is 0. The van der Waals surface area contributed by atoms with Crippen LogP contribution in [0, 0.1) is 13.8 Å². The van der Waals surface area contributed by atoms with Crippen LogP contribution >= 0.6 is 0 Å². The van der Waals surface area contributed by atoms with Crippen LogP contribution in [0.1, 0.15) is 45.3 Å². The first-order chi connectivity index (χ1) is 15.0. The minimum absolute atomic E-state index is 0.207. The molecular formula is C25H28N4O2. The number of methoxy groups -OCH3 is 1. The molecule has 0 aliphatic carbocycles. The molecule has 1 aliphatic rings. The summed E-state index contributed by atoms with van der Waals surface area (Å²) < 4.78 is 5.15. The van der Waals surface area contributed by atoms with E-state index in [0.29, 0.717) is 22.9 Å². The van der Waals surface area contributed by atoms with Gasteiger partial charge in [0.2, 0.25) is 0 Å². The fourth-order valence-electron chi connectivity index (χ4n) is 3.99. The number of ether oxygens (including phenoxy) is 1. The number of amides is 1. The molecule has 0 bridgehead atoms. The van der Waals surface area contributed by atoms with Crippen LogP contribution in [0.4, 0.5) is 5.69 Å². The first-order valence-corrected chi connectivity index (χ1v) is 10.6. The standard InChI is InChI=1S/C25H28N4O2/c1-17-6-4-5-7-19(17)15-29-13-12-20(16-29)24-26-14-23(18(2)27-24)25(30)28-21-8-10-22(31-3)11-9-21/h4-11,14,20H,12-13,15-16H2,1-3H3,(H,28,30)/t20-/m1/s1. The third kappa shape index (κ3) is 4.91. The quantitative estimate of drug-likeness (QED) is 0.647. The average Bonchev–Trinajstić information content (AvgIpc) is 3.24. The monoisotopic (exact) mass is 416 g/mol. The normalized spacial score (nSPS) is 16.3. The number of rotatable bonds is 6. The van der Waals surface area contributed by atoms with E-state index >= 15 is 0 Å². The maximum atomic E-state index is 12.7. The fraction of sp³-hybridized carbons (Fsp3) is 0.320. The topological polar surface area (TPSA) is 67.3 Å². The van der Waals surface area contributed by atoms with Crippen molar-refractivity contribution < 1.29 is 9.53 Å². The lowest BCUT2D eigenvalue weighted by atomic mass is 10.1. The van der Waals surface area contributed by atoms with Gasteiger partial charge in [0, 0.05) is 30.9 Å². The Morgan fingerprint density at radius 3 is 2.65 bits per heavy atom. The van der Waals surface area contributed by atoms with Crippen LogP contribution in [0.25, 0.3) is 0 Å². The second-order valence-electron chi connectivity index (χ2n) is 8.06. The number of nitrogens with one attached hydrogen (secondary N) is 1.